The van der Waals surface area contributed by atoms with E-state index in [1.54, 1.807) is 7.05 Å². The van der Waals surface area contributed by atoms with E-state index >= 15 is 0 Å². The Morgan fingerprint density at radius 3 is 2.83 bits per heavy atom. The molecule has 1 aromatic carbocycles. The van der Waals surface area contributed by atoms with Crippen LogP contribution < -0.4 is 11.4 Å². The quantitative estimate of drug-likeness (QED) is 0.814. The van der Waals surface area contributed by atoms with Crippen molar-refractivity contribution in [2.24, 2.45) is 12.8 Å². The fourth-order valence-electron chi connectivity index (χ4n) is 1.72. The number of nitrogens with one attached hydrogen (secondary N) is 1. The minimum absolute atomic E-state index is 0.0667. The summed E-state index contributed by atoms with van der Waals surface area (Å²) in [5.41, 5.74) is 8.26. The summed E-state index contributed by atoms with van der Waals surface area (Å²) in [7, 11) is 1.69. The SMILES string of the molecule is Cc1ccccc1C(N)CSc1n[nH]c(=O)n1C. The molecule has 0 saturated heterocycles. The fourth-order valence-corrected chi connectivity index (χ4v) is 2.61. The second kappa shape index (κ2) is 5.41. The lowest BCUT2D eigenvalue weighted by Crippen LogP contribution is -2.16. The zero-order valence-electron chi connectivity index (χ0n) is 10.4. The average Bonchev–Trinajstić information content (AvgIpc) is 2.68. The third kappa shape index (κ3) is 2.65. The van der Waals surface area contributed by atoms with Crippen LogP contribution in [0.3, 0.4) is 0 Å². The van der Waals surface area contributed by atoms with Crippen LogP contribution in [0.4, 0.5) is 0 Å². The van der Waals surface area contributed by atoms with Crippen LogP contribution >= 0.6 is 11.8 Å². The molecule has 5 nitrogen and oxygen atoms in total. The van der Waals surface area contributed by atoms with E-state index in [4.69, 9.17) is 5.73 Å². The first-order valence-corrected chi connectivity index (χ1v) is 6.63. The zero-order valence-corrected chi connectivity index (χ0v) is 11.2. The highest BCUT2D eigenvalue weighted by Crippen LogP contribution is 2.22. The number of thioether (sulfide) groups is 1. The van der Waals surface area contributed by atoms with Gasteiger partial charge >= 0.3 is 5.69 Å². The topological polar surface area (TPSA) is 76.7 Å². The Morgan fingerprint density at radius 1 is 1.50 bits per heavy atom. The predicted octanol–water partition coefficient (Wildman–Crippen LogP) is 1.21. The van der Waals surface area contributed by atoms with Crippen molar-refractivity contribution in [2.75, 3.05) is 5.75 Å². The van der Waals surface area contributed by atoms with Crippen LogP contribution in [-0.4, -0.2) is 20.5 Å². The molecule has 2 aromatic rings. The second-order valence-corrected chi connectivity index (χ2v) is 5.13. The first-order valence-electron chi connectivity index (χ1n) is 5.65. The number of benzene rings is 1. The summed E-state index contributed by atoms with van der Waals surface area (Å²) in [5, 5.41) is 7.00. The first kappa shape index (κ1) is 12.9. The lowest BCUT2D eigenvalue weighted by molar-refractivity contribution is 0.758. The molecule has 1 unspecified atom stereocenters. The number of nitrogens with zero attached hydrogens (tertiary/aromatic N) is 2. The molecule has 6 heteroatoms. The summed E-state index contributed by atoms with van der Waals surface area (Å²) in [6.07, 6.45) is 0. The molecule has 0 radical (unpaired) electrons. The molecule has 0 aliphatic heterocycles. The van der Waals surface area contributed by atoms with Crippen molar-refractivity contribution in [1.29, 1.82) is 0 Å². The van der Waals surface area contributed by atoms with Crippen LogP contribution in [0.2, 0.25) is 0 Å². The molecule has 0 spiro atoms. The minimum Gasteiger partial charge on any atom is -0.323 e. The lowest BCUT2D eigenvalue weighted by atomic mass is 10.0. The molecular formula is C12H16N4OS. The summed E-state index contributed by atoms with van der Waals surface area (Å²) in [5.74, 6) is 0.684. The van der Waals surface area contributed by atoms with E-state index in [2.05, 4.69) is 10.2 Å². The second-order valence-electron chi connectivity index (χ2n) is 4.14. The molecule has 0 bridgehead atoms. The molecule has 3 N–H and O–H groups in total. The van der Waals surface area contributed by atoms with Crippen LogP contribution in [0.5, 0.6) is 0 Å². The van der Waals surface area contributed by atoms with Crippen LogP contribution in [0, 0.1) is 6.92 Å². The third-order valence-corrected chi connectivity index (χ3v) is 3.97. The molecule has 1 aromatic heterocycles. The normalized spacial score (nSPS) is 12.6. The van der Waals surface area contributed by atoms with E-state index in [-0.39, 0.29) is 11.7 Å². The van der Waals surface area contributed by atoms with Crippen molar-refractivity contribution >= 4 is 11.8 Å². The Labute approximate surface area is 109 Å². The van der Waals surface area contributed by atoms with E-state index in [9.17, 15) is 4.79 Å². The van der Waals surface area contributed by atoms with Crippen LogP contribution in [0.25, 0.3) is 0 Å². The van der Waals surface area contributed by atoms with Gasteiger partial charge in [-0.25, -0.2) is 9.89 Å². The lowest BCUT2D eigenvalue weighted by Gasteiger charge is -2.13. The number of nitrogens with two attached hydrogens (primary N) is 1. The van der Waals surface area contributed by atoms with E-state index in [0.29, 0.717) is 10.9 Å². The molecular weight excluding hydrogens is 248 g/mol. The average molecular weight is 264 g/mol. The van der Waals surface area contributed by atoms with Gasteiger partial charge in [-0.3, -0.25) is 4.57 Å². The van der Waals surface area contributed by atoms with Crippen molar-refractivity contribution in [2.45, 2.75) is 18.1 Å². The number of aromatic amines is 1. The number of hydrogen-bond acceptors (Lipinski definition) is 4. The smallest absolute Gasteiger partial charge is 0.323 e. The van der Waals surface area contributed by atoms with Gasteiger partial charge in [0, 0.05) is 18.8 Å². The Bertz CT molecular complexity index is 590. The number of hydrogen-bond donors (Lipinski definition) is 2. The standard InChI is InChI=1S/C12H16N4OS/c1-8-5-3-4-6-9(8)10(13)7-18-12-15-14-11(17)16(12)2/h3-6,10H,7,13H2,1-2H3,(H,14,17). The Balaban J connectivity index is 2.05. The number of aromatic nitrogens is 3. The van der Waals surface area contributed by atoms with E-state index in [1.807, 2.05) is 31.2 Å². The molecule has 2 rings (SSSR count). The fraction of sp³-hybridized carbons (Fsp3) is 0.333. The van der Waals surface area contributed by atoms with Gasteiger partial charge in [-0.2, -0.15) is 0 Å². The number of aryl methyl sites for hydroxylation is 1. The Kier molecular flexibility index (Phi) is 3.88. The summed E-state index contributed by atoms with van der Waals surface area (Å²) in [6, 6.07) is 7.99. The molecule has 0 fully saturated rings. The minimum atomic E-state index is -0.207. The van der Waals surface area contributed by atoms with Crippen molar-refractivity contribution in [3.05, 3.63) is 45.9 Å². The van der Waals surface area contributed by atoms with Gasteiger partial charge in [0.2, 0.25) is 0 Å². The van der Waals surface area contributed by atoms with Crippen LogP contribution in [0.1, 0.15) is 17.2 Å². The van der Waals surface area contributed by atoms with E-state index in [0.717, 1.165) is 5.56 Å². The van der Waals surface area contributed by atoms with Gasteiger partial charge in [-0.15, -0.1) is 5.10 Å². The number of H-pyrrole nitrogens is 1. The molecule has 18 heavy (non-hydrogen) atoms. The summed E-state index contributed by atoms with van der Waals surface area (Å²) >= 11 is 1.48. The van der Waals surface area contributed by atoms with E-state index in [1.165, 1.54) is 21.9 Å². The molecule has 0 aliphatic rings. The molecule has 1 heterocycles. The van der Waals surface area contributed by atoms with Crippen molar-refractivity contribution in [3.63, 3.8) is 0 Å². The van der Waals surface area contributed by atoms with E-state index < -0.39 is 0 Å². The highest BCUT2D eigenvalue weighted by Gasteiger charge is 2.11. The molecule has 0 amide bonds. The van der Waals surface area contributed by atoms with Gasteiger partial charge in [-0.1, -0.05) is 36.0 Å². The van der Waals surface area contributed by atoms with Crippen molar-refractivity contribution in [1.82, 2.24) is 14.8 Å². The molecule has 0 aliphatic carbocycles. The van der Waals surface area contributed by atoms with Crippen LogP contribution in [-0.2, 0) is 7.05 Å². The maximum Gasteiger partial charge on any atom is 0.343 e. The third-order valence-electron chi connectivity index (χ3n) is 2.82. The Morgan fingerprint density at radius 2 is 2.22 bits per heavy atom. The van der Waals surface area contributed by atoms with Gasteiger partial charge in [0.25, 0.3) is 0 Å². The first-order chi connectivity index (χ1) is 8.59. The predicted molar refractivity (Wildman–Crippen MR) is 72.7 cm³/mol. The van der Waals surface area contributed by atoms with Crippen LogP contribution in [0.15, 0.2) is 34.2 Å². The highest BCUT2D eigenvalue weighted by atomic mass is 32.2. The van der Waals surface area contributed by atoms with Gasteiger partial charge in [0.05, 0.1) is 0 Å². The Hall–Kier alpha value is -1.53. The number of rotatable bonds is 4. The monoisotopic (exact) mass is 264 g/mol. The molecule has 1 atom stereocenters. The van der Waals surface area contributed by atoms with Gasteiger partial charge in [0.15, 0.2) is 5.16 Å². The van der Waals surface area contributed by atoms with Gasteiger partial charge in [0.1, 0.15) is 0 Å². The largest absolute Gasteiger partial charge is 0.343 e. The van der Waals surface area contributed by atoms with Crippen molar-refractivity contribution in [3.8, 4) is 0 Å². The maximum atomic E-state index is 11.2. The van der Waals surface area contributed by atoms with Gasteiger partial charge < -0.3 is 5.73 Å². The highest BCUT2D eigenvalue weighted by molar-refractivity contribution is 7.99. The van der Waals surface area contributed by atoms with Gasteiger partial charge in [-0.05, 0) is 18.1 Å². The summed E-state index contributed by atoms with van der Waals surface area (Å²) < 4.78 is 1.48. The maximum absolute atomic E-state index is 11.2. The molecule has 96 valence electrons. The zero-order chi connectivity index (χ0) is 13.1. The molecule has 0 saturated carbocycles. The van der Waals surface area contributed by atoms with Crippen molar-refractivity contribution < 1.29 is 0 Å². The summed E-state index contributed by atoms with van der Waals surface area (Å²) in [6.45, 7) is 2.05. The summed E-state index contributed by atoms with van der Waals surface area (Å²) in [4.78, 5) is 11.2.